The summed E-state index contributed by atoms with van der Waals surface area (Å²) in [5.74, 6) is -0.761. The molecule has 1 aromatic heterocycles. The van der Waals surface area contributed by atoms with Crippen molar-refractivity contribution in [2.24, 2.45) is 0 Å². The van der Waals surface area contributed by atoms with Crippen LogP contribution in [-0.4, -0.2) is 20.9 Å². The van der Waals surface area contributed by atoms with Gasteiger partial charge in [0.15, 0.2) is 0 Å². The zero-order valence-corrected chi connectivity index (χ0v) is 8.91. The molecule has 0 unspecified atom stereocenters. The van der Waals surface area contributed by atoms with Crippen LogP contribution < -0.4 is 0 Å². The average Bonchev–Trinajstić information content (AvgIpc) is 2.30. The molecule has 0 aliphatic carbocycles. The van der Waals surface area contributed by atoms with Crippen LogP contribution in [0.4, 0.5) is 0 Å². The van der Waals surface area contributed by atoms with Crippen LogP contribution in [0, 0.1) is 6.92 Å². The van der Waals surface area contributed by atoms with Gasteiger partial charge in [0, 0.05) is 19.2 Å². The summed E-state index contributed by atoms with van der Waals surface area (Å²) in [4.78, 5) is 10.2. The molecule has 1 heterocycles. The Kier molecular flexibility index (Phi) is 3.48. The summed E-state index contributed by atoms with van der Waals surface area (Å²) < 4.78 is 2.71. The highest BCUT2D eigenvalue weighted by Gasteiger charge is 2.02. The number of rotatable bonds is 4. The minimum absolute atomic E-state index is 0.191. The second-order valence-corrected chi connectivity index (χ2v) is 3.68. The van der Waals surface area contributed by atoms with Crippen LogP contribution in [0.15, 0.2) is 10.7 Å². The summed E-state index contributed by atoms with van der Waals surface area (Å²) >= 11 is 3.34. The Labute approximate surface area is 84.7 Å². The van der Waals surface area contributed by atoms with Gasteiger partial charge in [-0.05, 0) is 29.3 Å². The fourth-order valence-electron chi connectivity index (χ4n) is 1.00. The number of carbonyl (C=O) groups is 1. The summed E-state index contributed by atoms with van der Waals surface area (Å²) in [6.07, 6.45) is 2.66. The summed E-state index contributed by atoms with van der Waals surface area (Å²) in [7, 11) is 0. The Morgan fingerprint density at radius 1 is 1.77 bits per heavy atom. The molecule has 0 radical (unpaired) electrons. The van der Waals surface area contributed by atoms with E-state index in [1.165, 1.54) is 0 Å². The number of nitrogens with zero attached hydrogens (tertiary/aromatic N) is 2. The van der Waals surface area contributed by atoms with Crippen molar-refractivity contribution in [3.8, 4) is 0 Å². The first-order valence-electron chi connectivity index (χ1n) is 4.01. The van der Waals surface area contributed by atoms with Crippen LogP contribution in [-0.2, 0) is 11.3 Å². The highest BCUT2D eigenvalue weighted by Crippen LogP contribution is 2.13. The normalized spacial score (nSPS) is 10.3. The van der Waals surface area contributed by atoms with Crippen molar-refractivity contribution in [3.05, 3.63) is 16.4 Å². The van der Waals surface area contributed by atoms with E-state index in [2.05, 4.69) is 21.0 Å². The summed E-state index contributed by atoms with van der Waals surface area (Å²) in [6, 6.07) is 0. The summed E-state index contributed by atoms with van der Waals surface area (Å²) in [5.41, 5.74) is 0.926. The molecule has 0 amide bonds. The molecule has 4 nitrogen and oxygen atoms in total. The molecular formula is C8H11BrN2O2. The van der Waals surface area contributed by atoms with E-state index in [1.54, 1.807) is 4.68 Å². The number of halogens is 1. The average molecular weight is 247 g/mol. The largest absolute Gasteiger partial charge is 0.481 e. The highest BCUT2D eigenvalue weighted by molar-refractivity contribution is 9.10. The first-order chi connectivity index (χ1) is 6.09. The van der Waals surface area contributed by atoms with E-state index in [9.17, 15) is 4.79 Å². The predicted octanol–water partition coefficient (Wildman–Crippen LogP) is 1.82. The summed E-state index contributed by atoms with van der Waals surface area (Å²) in [6.45, 7) is 2.55. The molecule has 13 heavy (non-hydrogen) atoms. The second-order valence-electron chi connectivity index (χ2n) is 2.82. The third-order valence-corrected chi connectivity index (χ3v) is 2.44. The Balaban J connectivity index is 2.41. The van der Waals surface area contributed by atoms with Gasteiger partial charge in [-0.3, -0.25) is 9.48 Å². The van der Waals surface area contributed by atoms with Crippen molar-refractivity contribution < 1.29 is 9.90 Å². The van der Waals surface area contributed by atoms with Gasteiger partial charge in [0.1, 0.15) is 0 Å². The SMILES string of the molecule is Cc1nn(CCCC(=O)O)cc1Br. The Morgan fingerprint density at radius 2 is 2.46 bits per heavy atom. The predicted molar refractivity (Wildman–Crippen MR) is 51.5 cm³/mol. The maximum atomic E-state index is 10.2. The Bertz CT molecular complexity index is 290. The number of hydrogen-bond acceptors (Lipinski definition) is 2. The fourth-order valence-corrected chi connectivity index (χ4v) is 1.32. The van der Waals surface area contributed by atoms with Gasteiger partial charge in [-0.25, -0.2) is 0 Å². The molecule has 0 fully saturated rings. The van der Waals surface area contributed by atoms with Crippen molar-refractivity contribution >= 4 is 21.9 Å². The maximum absolute atomic E-state index is 10.2. The molecule has 1 N–H and O–H groups in total. The first-order valence-corrected chi connectivity index (χ1v) is 4.80. The Morgan fingerprint density at radius 3 is 2.92 bits per heavy atom. The smallest absolute Gasteiger partial charge is 0.303 e. The lowest BCUT2D eigenvalue weighted by atomic mass is 10.3. The molecular weight excluding hydrogens is 236 g/mol. The van der Waals surface area contributed by atoms with Crippen molar-refractivity contribution in [2.45, 2.75) is 26.3 Å². The molecule has 0 bridgehead atoms. The van der Waals surface area contributed by atoms with Gasteiger partial charge in [0.25, 0.3) is 0 Å². The van der Waals surface area contributed by atoms with E-state index in [0.717, 1.165) is 10.2 Å². The van der Waals surface area contributed by atoms with Crippen LogP contribution in [0.25, 0.3) is 0 Å². The number of aryl methyl sites for hydroxylation is 2. The van der Waals surface area contributed by atoms with Crippen molar-refractivity contribution in [1.29, 1.82) is 0 Å². The number of aromatic nitrogens is 2. The number of aliphatic carboxylic acids is 1. The van der Waals surface area contributed by atoms with Crippen molar-refractivity contribution in [1.82, 2.24) is 9.78 Å². The first kappa shape index (κ1) is 10.2. The third kappa shape index (κ3) is 3.18. The zero-order chi connectivity index (χ0) is 9.84. The molecule has 0 aromatic carbocycles. The Hall–Kier alpha value is -0.840. The van der Waals surface area contributed by atoms with E-state index in [4.69, 9.17) is 5.11 Å². The van der Waals surface area contributed by atoms with E-state index in [0.29, 0.717) is 13.0 Å². The van der Waals surface area contributed by atoms with Gasteiger partial charge in [0.2, 0.25) is 0 Å². The molecule has 1 rings (SSSR count). The van der Waals surface area contributed by atoms with Crippen molar-refractivity contribution in [2.75, 3.05) is 0 Å². The molecule has 0 saturated carbocycles. The molecule has 72 valence electrons. The van der Waals surface area contributed by atoms with Gasteiger partial charge in [-0.2, -0.15) is 5.10 Å². The van der Waals surface area contributed by atoms with Gasteiger partial charge >= 0.3 is 5.97 Å². The van der Waals surface area contributed by atoms with Gasteiger partial charge in [-0.15, -0.1) is 0 Å². The molecule has 0 spiro atoms. The fraction of sp³-hybridized carbons (Fsp3) is 0.500. The molecule has 5 heteroatoms. The maximum Gasteiger partial charge on any atom is 0.303 e. The van der Waals surface area contributed by atoms with Crippen LogP contribution in [0.5, 0.6) is 0 Å². The molecule has 0 saturated heterocycles. The van der Waals surface area contributed by atoms with Crippen molar-refractivity contribution in [3.63, 3.8) is 0 Å². The number of hydrogen-bond donors (Lipinski definition) is 1. The van der Waals surface area contributed by atoms with Gasteiger partial charge in [0.05, 0.1) is 10.2 Å². The monoisotopic (exact) mass is 246 g/mol. The van der Waals surface area contributed by atoms with E-state index >= 15 is 0 Å². The lowest BCUT2D eigenvalue weighted by Gasteiger charge is -1.97. The number of carboxylic acids is 1. The van der Waals surface area contributed by atoms with E-state index in [-0.39, 0.29) is 6.42 Å². The molecule has 0 aliphatic heterocycles. The molecule has 1 aromatic rings. The molecule has 0 atom stereocenters. The minimum atomic E-state index is -0.761. The second kappa shape index (κ2) is 4.41. The zero-order valence-electron chi connectivity index (χ0n) is 7.33. The number of carboxylic acid groups (broad SMARTS) is 1. The summed E-state index contributed by atoms with van der Waals surface area (Å²) in [5, 5.41) is 12.6. The molecule has 0 aliphatic rings. The topological polar surface area (TPSA) is 55.1 Å². The van der Waals surface area contributed by atoms with Gasteiger partial charge < -0.3 is 5.11 Å². The van der Waals surface area contributed by atoms with E-state index in [1.807, 2.05) is 13.1 Å². The van der Waals surface area contributed by atoms with Crippen LogP contribution in [0.3, 0.4) is 0 Å². The van der Waals surface area contributed by atoms with Crippen LogP contribution in [0.1, 0.15) is 18.5 Å². The standard InChI is InChI=1S/C8H11BrN2O2/c1-6-7(9)5-11(10-6)4-2-3-8(12)13/h5H,2-4H2,1H3,(H,12,13). The third-order valence-electron chi connectivity index (χ3n) is 1.66. The van der Waals surface area contributed by atoms with Crippen LogP contribution in [0.2, 0.25) is 0 Å². The van der Waals surface area contributed by atoms with Gasteiger partial charge in [-0.1, -0.05) is 0 Å². The minimum Gasteiger partial charge on any atom is -0.481 e. The lowest BCUT2D eigenvalue weighted by Crippen LogP contribution is -2.02. The van der Waals surface area contributed by atoms with E-state index < -0.39 is 5.97 Å². The van der Waals surface area contributed by atoms with Crippen LogP contribution >= 0.6 is 15.9 Å². The lowest BCUT2D eigenvalue weighted by molar-refractivity contribution is -0.137. The quantitative estimate of drug-likeness (QED) is 0.882. The highest BCUT2D eigenvalue weighted by atomic mass is 79.9.